The maximum atomic E-state index is 12.6. The van der Waals surface area contributed by atoms with E-state index >= 15 is 0 Å². The first-order valence-corrected chi connectivity index (χ1v) is 12.6. The number of carbonyl (C=O) groups excluding carboxylic acids is 1. The molecule has 3 heterocycles. The number of carbonyl (C=O) groups is 1. The van der Waals surface area contributed by atoms with Crippen LogP contribution in [0.4, 0.5) is 0 Å². The third-order valence-electron chi connectivity index (χ3n) is 7.21. The van der Waals surface area contributed by atoms with E-state index in [0.29, 0.717) is 24.2 Å². The first kappa shape index (κ1) is 22.7. The molecule has 0 bridgehead atoms. The predicted molar refractivity (Wildman–Crippen MR) is 133 cm³/mol. The summed E-state index contributed by atoms with van der Waals surface area (Å²) < 4.78 is 11.4. The van der Waals surface area contributed by atoms with Crippen molar-refractivity contribution < 1.29 is 13.9 Å². The van der Waals surface area contributed by atoms with E-state index in [0.717, 1.165) is 51.3 Å². The molecule has 5 nitrogen and oxygen atoms in total. The van der Waals surface area contributed by atoms with Crippen LogP contribution in [0.15, 0.2) is 77.4 Å². The van der Waals surface area contributed by atoms with Gasteiger partial charge in [0.1, 0.15) is 5.75 Å². The predicted octanol–water partition coefficient (Wildman–Crippen LogP) is 5.59. The summed E-state index contributed by atoms with van der Waals surface area (Å²) >= 11 is 0. The highest BCUT2D eigenvalue weighted by Gasteiger charge is 2.26. The molecule has 1 amide bonds. The van der Waals surface area contributed by atoms with Gasteiger partial charge in [-0.05, 0) is 80.1 Å². The molecule has 2 aliphatic rings. The molecule has 2 aliphatic heterocycles. The van der Waals surface area contributed by atoms with Crippen LogP contribution in [0.25, 0.3) is 0 Å². The second-order valence-electron chi connectivity index (χ2n) is 9.65. The van der Waals surface area contributed by atoms with E-state index in [4.69, 9.17) is 9.15 Å². The van der Waals surface area contributed by atoms with Crippen LogP contribution >= 0.6 is 0 Å². The zero-order valence-corrected chi connectivity index (χ0v) is 19.8. The van der Waals surface area contributed by atoms with Gasteiger partial charge in [-0.25, -0.2) is 0 Å². The van der Waals surface area contributed by atoms with E-state index in [9.17, 15) is 4.79 Å². The van der Waals surface area contributed by atoms with Gasteiger partial charge in [0.2, 0.25) is 0 Å². The maximum Gasteiger partial charge on any atom is 0.289 e. The first-order chi connectivity index (χ1) is 16.7. The van der Waals surface area contributed by atoms with Crippen LogP contribution in [0.5, 0.6) is 5.75 Å². The van der Waals surface area contributed by atoms with Gasteiger partial charge < -0.3 is 14.1 Å². The fourth-order valence-electron chi connectivity index (χ4n) is 5.25. The monoisotopic (exact) mass is 458 g/mol. The molecule has 178 valence electrons. The molecule has 34 heavy (non-hydrogen) atoms. The molecule has 1 aromatic heterocycles. The molecular formula is C29H34N2O3. The summed E-state index contributed by atoms with van der Waals surface area (Å²) in [5.74, 6) is 2.34. The minimum absolute atomic E-state index is 0.0214. The van der Waals surface area contributed by atoms with Crippen LogP contribution < -0.4 is 4.74 Å². The number of hydrogen-bond acceptors (Lipinski definition) is 4. The number of piperidine rings is 2. The van der Waals surface area contributed by atoms with Gasteiger partial charge in [0.05, 0.1) is 12.9 Å². The van der Waals surface area contributed by atoms with Gasteiger partial charge in [0, 0.05) is 25.6 Å². The normalized spacial score (nSPS) is 19.8. The Morgan fingerprint density at radius 3 is 2.44 bits per heavy atom. The second-order valence-corrected chi connectivity index (χ2v) is 9.65. The third kappa shape index (κ3) is 5.71. The summed E-state index contributed by atoms with van der Waals surface area (Å²) in [6.45, 7) is 5.42. The molecule has 0 radical (unpaired) electrons. The Hall–Kier alpha value is -3.05. The smallest absolute Gasteiger partial charge is 0.289 e. The summed E-state index contributed by atoms with van der Waals surface area (Å²) in [4.78, 5) is 17.0. The highest BCUT2D eigenvalue weighted by Crippen LogP contribution is 2.28. The van der Waals surface area contributed by atoms with Crippen LogP contribution in [0, 0.1) is 5.92 Å². The van der Waals surface area contributed by atoms with Crippen molar-refractivity contribution in [3.8, 4) is 5.75 Å². The number of furan rings is 1. The molecule has 0 unspecified atom stereocenters. The fraction of sp³-hybridized carbons (Fsp3) is 0.414. The molecule has 5 heteroatoms. The van der Waals surface area contributed by atoms with Crippen LogP contribution in [0.1, 0.15) is 53.3 Å². The first-order valence-electron chi connectivity index (χ1n) is 12.6. The van der Waals surface area contributed by atoms with Gasteiger partial charge >= 0.3 is 0 Å². The van der Waals surface area contributed by atoms with Crippen molar-refractivity contribution in [3.63, 3.8) is 0 Å². The van der Waals surface area contributed by atoms with E-state index in [2.05, 4.69) is 59.5 Å². The van der Waals surface area contributed by atoms with Gasteiger partial charge in [-0.2, -0.15) is 0 Å². The minimum atomic E-state index is -0.0214. The SMILES string of the molecule is O=C(c1ccco1)N1CCC[C@@H](COc2ccc(CN3CCC(c4ccccc4)CC3)cc2)C1. The topological polar surface area (TPSA) is 45.9 Å². The van der Waals surface area contributed by atoms with Crippen molar-refractivity contribution in [3.05, 3.63) is 89.9 Å². The summed E-state index contributed by atoms with van der Waals surface area (Å²) in [5.41, 5.74) is 2.81. The lowest BCUT2D eigenvalue weighted by Crippen LogP contribution is -2.41. The number of likely N-dealkylation sites (tertiary alicyclic amines) is 2. The molecule has 0 aliphatic carbocycles. The van der Waals surface area contributed by atoms with E-state index in [1.165, 1.54) is 24.0 Å². The standard InChI is InChI=1S/C29H34N2O3/c32-29(28-9-5-19-33-28)31-16-4-6-24(21-31)22-34-27-12-10-23(11-13-27)20-30-17-14-26(15-18-30)25-7-2-1-3-8-25/h1-3,5,7-13,19,24,26H,4,6,14-18,20-22H2/t24-/m1/s1. The van der Waals surface area contributed by atoms with Crippen molar-refractivity contribution in [1.82, 2.24) is 9.80 Å². The van der Waals surface area contributed by atoms with Crippen molar-refractivity contribution >= 4 is 5.91 Å². The number of ether oxygens (including phenoxy) is 1. The Morgan fingerprint density at radius 1 is 0.912 bits per heavy atom. The highest BCUT2D eigenvalue weighted by molar-refractivity contribution is 5.91. The number of hydrogen-bond donors (Lipinski definition) is 0. The van der Waals surface area contributed by atoms with Crippen LogP contribution in [-0.4, -0.2) is 48.5 Å². The Labute approximate surface area is 202 Å². The van der Waals surface area contributed by atoms with E-state index < -0.39 is 0 Å². The lowest BCUT2D eigenvalue weighted by atomic mass is 9.89. The van der Waals surface area contributed by atoms with Gasteiger partial charge in [-0.15, -0.1) is 0 Å². The molecule has 1 atom stereocenters. The molecule has 0 spiro atoms. The molecule has 2 aromatic carbocycles. The molecule has 5 rings (SSSR count). The second kappa shape index (κ2) is 10.9. The molecule has 0 saturated carbocycles. The largest absolute Gasteiger partial charge is 0.493 e. The van der Waals surface area contributed by atoms with Crippen molar-refractivity contribution in [2.75, 3.05) is 32.8 Å². The quantitative estimate of drug-likeness (QED) is 0.463. The summed E-state index contributed by atoms with van der Waals surface area (Å²) in [6, 6.07) is 23.0. The van der Waals surface area contributed by atoms with Crippen LogP contribution in [0.2, 0.25) is 0 Å². The minimum Gasteiger partial charge on any atom is -0.493 e. The van der Waals surface area contributed by atoms with E-state index in [1.54, 1.807) is 18.4 Å². The van der Waals surface area contributed by atoms with Gasteiger partial charge in [-0.3, -0.25) is 9.69 Å². The average Bonchev–Trinajstić information content (AvgIpc) is 3.44. The fourth-order valence-corrected chi connectivity index (χ4v) is 5.25. The van der Waals surface area contributed by atoms with Crippen LogP contribution in [-0.2, 0) is 6.54 Å². The molecule has 0 N–H and O–H groups in total. The van der Waals surface area contributed by atoms with Gasteiger partial charge in [0.15, 0.2) is 5.76 Å². The van der Waals surface area contributed by atoms with Crippen LogP contribution in [0.3, 0.4) is 0 Å². The average molecular weight is 459 g/mol. The van der Waals surface area contributed by atoms with Crippen molar-refractivity contribution in [2.24, 2.45) is 5.92 Å². The zero-order valence-electron chi connectivity index (χ0n) is 19.8. The zero-order chi connectivity index (χ0) is 23.2. The number of benzene rings is 2. The molecule has 3 aromatic rings. The Kier molecular flexibility index (Phi) is 7.30. The van der Waals surface area contributed by atoms with Crippen molar-refractivity contribution in [2.45, 2.75) is 38.1 Å². The molecular weight excluding hydrogens is 424 g/mol. The molecule has 2 fully saturated rings. The highest BCUT2D eigenvalue weighted by atomic mass is 16.5. The van der Waals surface area contributed by atoms with Gasteiger partial charge in [-0.1, -0.05) is 42.5 Å². The number of nitrogens with zero attached hydrogens (tertiary/aromatic N) is 2. The van der Waals surface area contributed by atoms with E-state index in [1.807, 2.05) is 4.90 Å². The van der Waals surface area contributed by atoms with E-state index in [-0.39, 0.29) is 5.91 Å². The number of amides is 1. The maximum absolute atomic E-state index is 12.6. The summed E-state index contributed by atoms with van der Waals surface area (Å²) in [5, 5.41) is 0. The van der Waals surface area contributed by atoms with Crippen molar-refractivity contribution in [1.29, 1.82) is 0 Å². The third-order valence-corrected chi connectivity index (χ3v) is 7.21. The number of rotatable bonds is 7. The molecule has 2 saturated heterocycles. The summed E-state index contributed by atoms with van der Waals surface area (Å²) in [7, 11) is 0. The lowest BCUT2D eigenvalue weighted by Gasteiger charge is -2.32. The Balaban J connectivity index is 1.06. The summed E-state index contributed by atoms with van der Waals surface area (Å²) in [6.07, 6.45) is 6.09. The Bertz CT molecular complexity index is 1030. The Morgan fingerprint density at radius 2 is 1.71 bits per heavy atom. The lowest BCUT2D eigenvalue weighted by molar-refractivity contribution is 0.0602. The van der Waals surface area contributed by atoms with Gasteiger partial charge in [0.25, 0.3) is 5.91 Å².